The number of hydrogen-bond acceptors (Lipinski definition) is 5. The summed E-state index contributed by atoms with van der Waals surface area (Å²) in [5.41, 5.74) is 7.69. The Labute approximate surface area is 133 Å². The maximum Gasteiger partial charge on any atom is 0.245 e. The number of nitrogen functional groups attached to an aromatic ring is 1. The second kappa shape index (κ2) is 6.56. The Bertz CT molecular complexity index is 838. The van der Waals surface area contributed by atoms with E-state index in [1.165, 1.54) is 6.07 Å². The molecule has 3 rings (SSSR count). The number of rotatable bonds is 5. The van der Waals surface area contributed by atoms with Gasteiger partial charge in [0.1, 0.15) is 5.82 Å². The molecule has 0 spiro atoms. The minimum Gasteiger partial charge on any atom is -0.476 e. The normalized spacial score (nSPS) is 10.9. The van der Waals surface area contributed by atoms with Crippen LogP contribution in [0.2, 0.25) is 0 Å². The first kappa shape index (κ1) is 15.1. The van der Waals surface area contributed by atoms with Crippen molar-refractivity contribution in [1.29, 1.82) is 0 Å². The number of hydrogen-bond donors (Lipinski definition) is 1. The molecule has 0 unspecified atom stereocenters. The van der Waals surface area contributed by atoms with Crippen molar-refractivity contribution >= 4 is 17.0 Å². The van der Waals surface area contributed by atoms with Crippen molar-refractivity contribution in [3.8, 4) is 17.1 Å². The summed E-state index contributed by atoms with van der Waals surface area (Å²) in [6.45, 7) is 2.60. The molecule has 0 aliphatic rings. The number of ether oxygens (including phenoxy) is 1. The fourth-order valence-corrected chi connectivity index (χ4v) is 2.24. The Hall–Kier alpha value is -2.76. The van der Waals surface area contributed by atoms with Crippen LogP contribution in [0.3, 0.4) is 0 Å². The average Bonchev–Trinajstić information content (AvgIpc) is 2.55. The quantitative estimate of drug-likeness (QED) is 0.729. The molecule has 1 aromatic carbocycles. The Morgan fingerprint density at radius 2 is 1.91 bits per heavy atom. The van der Waals surface area contributed by atoms with Crippen LogP contribution in [0.25, 0.3) is 22.3 Å². The third-order valence-electron chi connectivity index (χ3n) is 3.41. The summed E-state index contributed by atoms with van der Waals surface area (Å²) < 4.78 is 19.6. The zero-order valence-electron chi connectivity index (χ0n) is 12.8. The zero-order valence-corrected chi connectivity index (χ0v) is 12.8. The van der Waals surface area contributed by atoms with E-state index in [0.717, 1.165) is 12.8 Å². The fraction of sp³-hybridized carbons (Fsp3) is 0.235. The van der Waals surface area contributed by atoms with Crippen LogP contribution in [0.15, 0.2) is 36.4 Å². The maximum atomic E-state index is 14.0. The number of anilines is 1. The van der Waals surface area contributed by atoms with Gasteiger partial charge in [-0.05, 0) is 30.7 Å². The molecule has 0 saturated carbocycles. The predicted octanol–water partition coefficient (Wildman–Crippen LogP) is 3.59. The van der Waals surface area contributed by atoms with Crippen LogP contribution in [0.5, 0.6) is 5.88 Å². The number of aromatic nitrogens is 3. The molecule has 2 heterocycles. The third kappa shape index (κ3) is 3.21. The highest BCUT2D eigenvalue weighted by atomic mass is 19.1. The monoisotopic (exact) mass is 312 g/mol. The highest BCUT2D eigenvalue weighted by molar-refractivity contribution is 5.83. The van der Waals surface area contributed by atoms with Gasteiger partial charge >= 0.3 is 0 Å². The fourth-order valence-electron chi connectivity index (χ4n) is 2.24. The lowest BCUT2D eigenvalue weighted by Gasteiger charge is -2.09. The number of benzene rings is 1. The summed E-state index contributed by atoms with van der Waals surface area (Å²) in [7, 11) is 0. The van der Waals surface area contributed by atoms with Crippen LogP contribution in [-0.4, -0.2) is 21.6 Å². The molecule has 23 heavy (non-hydrogen) atoms. The molecule has 2 aromatic heterocycles. The van der Waals surface area contributed by atoms with Crippen molar-refractivity contribution in [2.45, 2.75) is 19.8 Å². The van der Waals surface area contributed by atoms with Crippen molar-refractivity contribution in [1.82, 2.24) is 15.0 Å². The third-order valence-corrected chi connectivity index (χ3v) is 3.41. The first-order valence-electron chi connectivity index (χ1n) is 7.51. The van der Waals surface area contributed by atoms with E-state index in [4.69, 9.17) is 10.5 Å². The lowest BCUT2D eigenvalue weighted by molar-refractivity contribution is 0.301. The molecule has 0 aliphatic carbocycles. The topological polar surface area (TPSA) is 73.9 Å². The van der Waals surface area contributed by atoms with E-state index < -0.39 is 0 Å². The van der Waals surface area contributed by atoms with Gasteiger partial charge in [0, 0.05) is 5.56 Å². The Kier molecular flexibility index (Phi) is 4.32. The lowest BCUT2D eigenvalue weighted by atomic mass is 10.1. The van der Waals surface area contributed by atoms with Crippen LogP contribution < -0.4 is 10.5 Å². The molecule has 0 radical (unpaired) electrons. The van der Waals surface area contributed by atoms with Gasteiger partial charge in [-0.25, -0.2) is 14.4 Å². The van der Waals surface area contributed by atoms with Crippen LogP contribution in [0.4, 0.5) is 10.3 Å². The maximum absolute atomic E-state index is 14.0. The molecule has 6 heteroatoms. The van der Waals surface area contributed by atoms with Gasteiger partial charge in [0.2, 0.25) is 11.8 Å². The van der Waals surface area contributed by atoms with E-state index in [1.54, 1.807) is 30.3 Å². The molecular formula is C17H17FN4O. The minimum absolute atomic E-state index is 0.129. The number of halogens is 1. The second-order valence-corrected chi connectivity index (χ2v) is 5.13. The van der Waals surface area contributed by atoms with Gasteiger partial charge in [0.05, 0.1) is 17.8 Å². The van der Waals surface area contributed by atoms with Gasteiger partial charge < -0.3 is 10.5 Å². The summed E-state index contributed by atoms with van der Waals surface area (Å²) in [6, 6.07) is 9.95. The Balaban J connectivity index is 2.08. The molecular weight excluding hydrogens is 295 g/mol. The van der Waals surface area contributed by atoms with Gasteiger partial charge in [0.25, 0.3) is 0 Å². The highest BCUT2D eigenvalue weighted by Gasteiger charge is 2.12. The zero-order chi connectivity index (χ0) is 16.2. The number of nitrogens with zero attached hydrogens (tertiary/aromatic N) is 3. The van der Waals surface area contributed by atoms with Crippen molar-refractivity contribution in [2.75, 3.05) is 12.3 Å². The summed E-state index contributed by atoms with van der Waals surface area (Å²) in [4.78, 5) is 12.8. The molecule has 0 atom stereocenters. The van der Waals surface area contributed by atoms with Crippen molar-refractivity contribution < 1.29 is 9.13 Å². The number of unbranched alkanes of at least 4 members (excludes halogenated alkanes) is 1. The average molecular weight is 312 g/mol. The van der Waals surface area contributed by atoms with Crippen LogP contribution in [-0.2, 0) is 0 Å². The highest BCUT2D eigenvalue weighted by Crippen LogP contribution is 2.27. The van der Waals surface area contributed by atoms with E-state index in [0.29, 0.717) is 34.8 Å². The summed E-state index contributed by atoms with van der Waals surface area (Å²) in [5.74, 6) is 0.132. The van der Waals surface area contributed by atoms with Crippen molar-refractivity contribution in [3.63, 3.8) is 0 Å². The smallest absolute Gasteiger partial charge is 0.245 e. The van der Waals surface area contributed by atoms with Gasteiger partial charge in [-0.15, -0.1) is 0 Å². The molecule has 0 amide bonds. The lowest BCUT2D eigenvalue weighted by Crippen LogP contribution is -2.04. The van der Waals surface area contributed by atoms with E-state index in [2.05, 4.69) is 21.9 Å². The van der Waals surface area contributed by atoms with Crippen LogP contribution in [0.1, 0.15) is 19.8 Å². The van der Waals surface area contributed by atoms with Crippen LogP contribution >= 0.6 is 0 Å². The number of nitrogens with two attached hydrogens (primary N) is 1. The molecule has 118 valence electrons. The van der Waals surface area contributed by atoms with E-state index in [9.17, 15) is 4.39 Å². The summed E-state index contributed by atoms with van der Waals surface area (Å²) in [6.07, 6.45) is 1.91. The molecule has 0 aliphatic heterocycles. The molecule has 0 saturated heterocycles. The standard InChI is InChI=1S/C17H17FN4O/c1-2-3-10-23-16-15-14(21-17(19)22-16)9-8-13(20-15)11-6-4-5-7-12(11)18/h4-9H,2-3,10H2,1H3,(H2,19,21,22). The van der Waals surface area contributed by atoms with Gasteiger partial charge in [-0.3, -0.25) is 0 Å². The Morgan fingerprint density at radius 1 is 1.09 bits per heavy atom. The summed E-state index contributed by atoms with van der Waals surface area (Å²) in [5, 5.41) is 0. The van der Waals surface area contributed by atoms with E-state index in [1.807, 2.05) is 0 Å². The molecule has 2 N–H and O–H groups in total. The molecule has 5 nitrogen and oxygen atoms in total. The predicted molar refractivity (Wildman–Crippen MR) is 87.5 cm³/mol. The molecule has 3 aromatic rings. The second-order valence-electron chi connectivity index (χ2n) is 5.13. The van der Waals surface area contributed by atoms with Crippen molar-refractivity contribution in [3.05, 3.63) is 42.2 Å². The van der Waals surface area contributed by atoms with Gasteiger partial charge in [-0.1, -0.05) is 25.5 Å². The van der Waals surface area contributed by atoms with Crippen LogP contribution in [0, 0.1) is 5.82 Å². The SMILES string of the molecule is CCCCOc1nc(N)nc2ccc(-c3ccccc3F)nc12. The molecule has 0 bridgehead atoms. The van der Waals surface area contributed by atoms with E-state index in [-0.39, 0.29) is 11.8 Å². The van der Waals surface area contributed by atoms with E-state index >= 15 is 0 Å². The largest absolute Gasteiger partial charge is 0.476 e. The number of fused-ring (bicyclic) bond motifs is 1. The minimum atomic E-state index is -0.329. The Morgan fingerprint density at radius 3 is 2.70 bits per heavy atom. The number of pyridine rings is 1. The molecule has 0 fully saturated rings. The van der Waals surface area contributed by atoms with Gasteiger partial charge in [0.15, 0.2) is 5.52 Å². The van der Waals surface area contributed by atoms with Crippen molar-refractivity contribution in [2.24, 2.45) is 0 Å². The first-order valence-corrected chi connectivity index (χ1v) is 7.51. The summed E-state index contributed by atoms with van der Waals surface area (Å²) >= 11 is 0. The first-order chi connectivity index (χ1) is 11.2. The van der Waals surface area contributed by atoms with Gasteiger partial charge in [-0.2, -0.15) is 4.98 Å².